The molecule has 2 heterocycles. The van der Waals surface area contributed by atoms with Crippen molar-refractivity contribution in [1.82, 2.24) is 9.80 Å². The van der Waals surface area contributed by atoms with Gasteiger partial charge in [0.05, 0.1) is 5.56 Å². The molecular formula is C20H25ClN2O3. The molecule has 2 aliphatic heterocycles. The molecule has 0 radical (unpaired) electrons. The lowest BCUT2D eigenvalue weighted by molar-refractivity contribution is -0.139. The number of rotatable bonds is 3. The molecule has 2 amide bonds. The molecule has 2 saturated heterocycles. The van der Waals surface area contributed by atoms with Crippen LogP contribution in [0, 0.1) is 11.3 Å². The van der Waals surface area contributed by atoms with Crippen LogP contribution in [0.2, 0.25) is 5.02 Å². The quantitative estimate of drug-likeness (QED) is 0.880. The Morgan fingerprint density at radius 3 is 2.81 bits per heavy atom. The topological polar surface area (TPSA) is 60.9 Å². The summed E-state index contributed by atoms with van der Waals surface area (Å²) in [6.07, 6.45) is 5.89. The van der Waals surface area contributed by atoms with Crippen LogP contribution in [0.1, 0.15) is 48.9 Å². The first-order valence-electron chi connectivity index (χ1n) is 9.51. The molecule has 1 aliphatic carbocycles. The number of hydrogen-bond acceptors (Lipinski definition) is 3. The predicted octanol–water partition coefficient (Wildman–Crippen LogP) is 3.30. The summed E-state index contributed by atoms with van der Waals surface area (Å²) >= 11 is 5.88. The smallest absolute Gasteiger partial charge is 0.257 e. The van der Waals surface area contributed by atoms with Crippen LogP contribution in [0.4, 0.5) is 0 Å². The molecule has 6 heteroatoms. The molecular weight excluding hydrogens is 352 g/mol. The van der Waals surface area contributed by atoms with E-state index >= 15 is 0 Å². The van der Waals surface area contributed by atoms with Crippen molar-refractivity contribution >= 4 is 23.4 Å². The molecule has 0 aromatic heterocycles. The van der Waals surface area contributed by atoms with E-state index in [0.29, 0.717) is 36.0 Å². The van der Waals surface area contributed by atoms with E-state index in [4.69, 9.17) is 11.6 Å². The van der Waals surface area contributed by atoms with Crippen molar-refractivity contribution in [3.8, 4) is 5.75 Å². The zero-order valence-electron chi connectivity index (χ0n) is 14.9. The molecule has 3 fully saturated rings. The Hall–Kier alpha value is -1.75. The van der Waals surface area contributed by atoms with Crippen LogP contribution < -0.4 is 0 Å². The van der Waals surface area contributed by atoms with Gasteiger partial charge in [0, 0.05) is 43.0 Å². The Balaban J connectivity index is 1.49. The lowest BCUT2D eigenvalue weighted by Gasteiger charge is -2.48. The third-order valence-electron chi connectivity index (χ3n) is 6.06. The highest BCUT2D eigenvalue weighted by molar-refractivity contribution is 6.30. The van der Waals surface area contributed by atoms with Crippen LogP contribution in [0.15, 0.2) is 18.2 Å². The molecule has 1 atom stereocenters. The second kappa shape index (κ2) is 6.76. The molecule has 1 N–H and O–H groups in total. The number of nitrogens with zero attached hydrogens (tertiary/aromatic N) is 2. The molecule has 1 spiro atoms. The van der Waals surface area contributed by atoms with Gasteiger partial charge in [-0.3, -0.25) is 9.59 Å². The van der Waals surface area contributed by atoms with Gasteiger partial charge in [0.2, 0.25) is 5.91 Å². The fraction of sp³-hybridized carbons (Fsp3) is 0.600. The molecule has 5 nitrogen and oxygen atoms in total. The zero-order valence-corrected chi connectivity index (χ0v) is 15.7. The van der Waals surface area contributed by atoms with Crippen molar-refractivity contribution in [2.45, 2.75) is 38.5 Å². The lowest BCUT2D eigenvalue weighted by atomic mass is 9.73. The third-order valence-corrected chi connectivity index (χ3v) is 6.30. The van der Waals surface area contributed by atoms with Crippen molar-refractivity contribution in [3.05, 3.63) is 28.8 Å². The monoisotopic (exact) mass is 376 g/mol. The average Bonchev–Trinajstić information content (AvgIpc) is 3.42. The third kappa shape index (κ3) is 3.54. The van der Waals surface area contributed by atoms with Crippen LogP contribution in [-0.4, -0.2) is 52.9 Å². The van der Waals surface area contributed by atoms with Crippen LogP contribution >= 0.6 is 11.6 Å². The van der Waals surface area contributed by atoms with E-state index in [9.17, 15) is 14.7 Å². The number of hydrogen-bond donors (Lipinski definition) is 1. The molecule has 4 rings (SSSR count). The van der Waals surface area contributed by atoms with Crippen LogP contribution in [0.3, 0.4) is 0 Å². The van der Waals surface area contributed by atoms with Gasteiger partial charge in [-0.25, -0.2) is 0 Å². The van der Waals surface area contributed by atoms with Gasteiger partial charge in [-0.1, -0.05) is 11.6 Å². The first kappa shape index (κ1) is 17.7. The Morgan fingerprint density at radius 2 is 2.08 bits per heavy atom. The summed E-state index contributed by atoms with van der Waals surface area (Å²) in [5.74, 6) is 0.725. The van der Waals surface area contributed by atoms with Crippen molar-refractivity contribution in [2.24, 2.45) is 11.3 Å². The van der Waals surface area contributed by atoms with Gasteiger partial charge in [-0.15, -0.1) is 0 Å². The molecule has 140 valence electrons. The van der Waals surface area contributed by atoms with Crippen molar-refractivity contribution < 1.29 is 14.7 Å². The number of benzene rings is 1. The highest BCUT2D eigenvalue weighted by Crippen LogP contribution is 2.41. The van der Waals surface area contributed by atoms with Gasteiger partial charge in [0.15, 0.2) is 0 Å². The maximum Gasteiger partial charge on any atom is 0.257 e. The van der Waals surface area contributed by atoms with Gasteiger partial charge >= 0.3 is 0 Å². The maximum atomic E-state index is 12.9. The Kier molecular flexibility index (Phi) is 4.59. The summed E-state index contributed by atoms with van der Waals surface area (Å²) in [5, 5.41) is 10.5. The fourth-order valence-electron chi connectivity index (χ4n) is 4.45. The molecule has 1 aromatic carbocycles. The summed E-state index contributed by atoms with van der Waals surface area (Å²) in [7, 11) is 0. The SMILES string of the molecule is O=C1CC[C@]2(CCCN(C(=O)c3ccc(Cl)cc3O)C2)CN1CC1CC1. The Morgan fingerprint density at radius 1 is 1.27 bits per heavy atom. The Bertz CT molecular complexity index is 734. The number of amides is 2. The van der Waals surface area contributed by atoms with E-state index < -0.39 is 0 Å². The van der Waals surface area contributed by atoms with E-state index in [-0.39, 0.29) is 23.0 Å². The molecule has 1 aromatic rings. The maximum absolute atomic E-state index is 12.9. The Labute approximate surface area is 158 Å². The highest BCUT2D eigenvalue weighted by Gasteiger charge is 2.44. The largest absolute Gasteiger partial charge is 0.507 e. The summed E-state index contributed by atoms with van der Waals surface area (Å²) in [4.78, 5) is 29.1. The number of halogens is 1. The number of carbonyl (C=O) groups excluding carboxylic acids is 2. The molecule has 3 aliphatic rings. The normalized spacial score (nSPS) is 26.4. The summed E-state index contributed by atoms with van der Waals surface area (Å²) in [5.41, 5.74) is 0.298. The first-order valence-corrected chi connectivity index (χ1v) is 9.89. The van der Waals surface area contributed by atoms with Gasteiger partial charge in [-0.2, -0.15) is 0 Å². The minimum absolute atomic E-state index is 0.00124. The van der Waals surface area contributed by atoms with E-state index in [1.165, 1.54) is 18.9 Å². The van der Waals surface area contributed by atoms with Crippen LogP contribution in [-0.2, 0) is 4.79 Å². The number of phenols is 1. The van der Waals surface area contributed by atoms with Crippen molar-refractivity contribution in [1.29, 1.82) is 0 Å². The second-order valence-electron chi connectivity index (χ2n) is 8.21. The van der Waals surface area contributed by atoms with Crippen LogP contribution in [0.25, 0.3) is 0 Å². The first-order chi connectivity index (χ1) is 12.5. The van der Waals surface area contributed by atoms with Crippen molar-refractivity contribution in [2.75, 3.05) is 26.2 Å². The summed E-state index contributed by atoms with van der Waals surface area (Å²) in [6, 6.07) is 4.63. The van der Waals surface area contributed by atoms with Gasteiger partial charge in [-0.05, 0) is 56.2 Å². The minimum Gasteiger partial charge on any atom is -0.507 e. The molecule has 0 unspecified atom stereocenters. The minimum atomic E-state index is -0.149. The number of piperidine rings is 2. The lowest BCUT2D eigenvalue weighted by Crippen LogP contribution is -2.55. The van der Waals surface area contributed by atoms with E-state index in [1.54, 1.807) is 12.1 Å². The standard InChI is InChI=1S/C20H25ClN2O3/c21-15-4-5-16(17(24)10-15)19(26)22-9-1-7-20(12-22)8-6-18(25)23(13-20)11-14-2-3-14/h4-5,10,14,24H,1-3,6-9,11-13H2/t20-/m0/s1. The zero-order chi connectivity index (χ0) is 18.3. The second-order valence-corrected chi connectivity index (χ2v) is 8.65. The van der Waals surface area contributed by atoms with Crippen molar-refractivity contribution in [3.63, 3.8) is 0 Å². The number of aromatic hydroxyl groups is 1. The molecule has 1 saturated carbocycles. The fourth-order valence-corrected chi connectivity index (χ4v) is 4.62. The van der Waals surface area contributed by atoms with Gasteiger partial charge in [0.25, 0.3) is 5.91 Å². The van der Waals surface area contributed by atoms with E-state index in [0.717, 1.165) is 32.4 Å². The molecule has 26 heavy (non-hydrogen) atoms. The summed E-state index contributed by atoms with van der Waals surface area (Å²) < 4.78 is 0. The molecule has 0 bridgehead atoms. The number of likely N-dealkylation sites (tertiary alicyclic amines) is 2. The highest BCUT2D eigenvalue weighted by atomic mass is 35.5. The van der Waals surface area contributed by atoms with E-state index in [1.807, 2.05) is 9.80 Å². The van der Waals surface area contributed by atoms with E-state index in [2.05, 4.69) is 0 Å². The number of phenolic OH excluding ortho intramolecular Hbond substituents is 1. The van der Waals surface area contributed by atoms with Gasteiger partial charge < -0.3 is 14.9 Å². The predicted molar refractivity (Wildman–Crippen MR) is 99.2 cm³/mol. The summed E-state index contributed by atoms with van der Waals surface area (Å²) in [6.45, 7) is 2.99. The average molecular weight is 377 g/mol. The van der Waals surface area contributed by atoms with Gasteiger partial charge in [0.1, 0.15) is 5.75 Å². The van der Waals surface area contributed by atoms with Crippen LogP contribution in [0.5, 0.6) is 5.75 Å². The number of carbonyl (C=O) groups is 2.